The van der Waals surface area contributed by atoms with Crippen LogP contribution >= 0.6 is 0 Å². The van der Waals surface area contributed by atoms with Crippen LogP contribution in [0.1, 0.15) is 25.0 Å². The molecule has 2 aromatic carbocycles. The molecule has 0 amide bonds. The Morgan fingerprint density at radius 3 is 1.36 bits per heavy atom. The van der Waals surface area contributed by atoms with E-state index in [0.717, 1.165) is 35.8 Å². The largest absolute Gasteiger partial charge is 0.508 e. The molecule has 0 aliphatic rings. The molecule has 7 nitrogen and oxygen atoms in total. The Labute approximate surface area is 162 Å². The van der Waals surface area contributed by atoms with Gasteiger partial charge in [-0.3, -0.25) is 0 Å². The molecule has 7 heteroatoms. The number of hydrogen-bond acceptors (Lipinski definition) is 5. The van der Waals surface area contributed by atoms with Gasteiger partial charge in [0.1, 0.15) is 11.5 Å². The highest BCUT2D eigenvalue weighted by molar-refractivity contribution is 5.80. The fourth-order valence-electron chi connectivity index (χ4n) is 2.16. The Balaban J connectivity index is 0.000000311. The lowest BCUT2D eigenvalue weighted by atomic mass is 9.78. The zero-order chi connectivity index (χ0) is 21.2. The predicted molar refractivity (Wildman–Crippen MR) is 103 cm³/mol. The number of rotatable bonds is 6. The second-order valence-corrected chi connectivity index (χ2v) is 6.14. The molecule has 0 atom stereocenters. The van der Waals surface area contributed by atoms with E-state index in [0.29, 0.717) is 0 Å². The van der Waals surface area contributed by atoms with Gasteiger partial charge in [-0.2, -0.15) is 0 Å². The van der Waals surface area contributed by atoms with Gasteiger partial charge in [0.2, 0.25) is 0 Å². The van der Waals surface area contributed by atoms with Crippen LogP contribution in [0.4, 0.5) is 0 Å². The summed E-state index contributed by atoms with van der Waals surface area (Å²) in [6.07, 6.45) is 3.21. The molecule has 0 bridgehead atoms. The average molecular weight is 386 g/mol. The number of carboxylic acids is 2. The van der Waals surface area contributed by atoms with Gasteiger partial charge in [0, 0.05) is 5.41 Å². The van der Waals surface area contributed by atoms with Crippen molar-refractivity contribution in [2.75, 3.05) is 0 Å². The molecule has 148 valence electrons. The molecule has 0 spiro atoms. The molecule has 0 radical (unpaired) electrons. The van der Waals surface area contributed by atoms with E-state index in [1.165, 1.54) is 0 Å². The monoisotopic (exact) mass is 386 g/mol. The van der Waals surface area contributed by atoms with E-state index in [-0.39, 0.29) is 16.9 Å². The third-order valence-electron chi connectivity index (χ3n) is 3.76. The first-order valence-corrected chi connectivity index (χ1v) is 8.16. The summed E-state index contributed by atoms with van der Waals surface area (Å²) in [7, 11) is 0. The van der Waals surface area contributed by atoms with E-state index >= 15 is 0 Å². The summed E-state index contributed by atoms with van der Waals surface area (Å²) in [6.45, 7) is 4.23. The number of phenolic OH excluding ortho intramolecular Hbond substituents is 2. The second-order valence-electron chi connectivity index (χ2n) is 6.14. The summed E-state index contributed by atoms with van der Waals surface area (Å²) >= 11 is 0. The second kappa shape index (κ2) is 10.4. The number of ether oxygens (including phenoxy) is 1. The normalized spacial score (nSPS) is 11.1. The Hall–Kier alpha value is -3.74. The molecular formula is C21H22O7. The molecule has 2 rings (SSSR count). The van der Waals surface area contributed by atoms with Crippen molar-refractivity contribution in [1.29, 1.82) is 0 Å². The third kappa shape index (κ3) is 7.65. The van der Waals surface area contributed by atoms with Gasteiger partial charge in [0.05, 0.1) is 24.7 Å². The van der Waals surface area contributed by atoms with Crippen LogP contribution in [0.5, 0.6) is 11.5 Å². The van der Waals surface area contributed by atoms with Crippen LogP contribution in [-0.2, 0) is 19.7 Å². The molecule has 28 heavy (non-hydrogen) atoms. The first kappa shape index (κ1) is 22.3. The van der Waals surface area contributed by atoms with Crippen molar-refractivity contribution in [3.05, 3.63) is 84.3 Å². The zero-order valence-corrected chi connectivity index (χ0v) is 15.4. The lowest BCUT2D eigenvalue weighted by Gasteiger charge is -2.26. The number of benzene rings is 2. The molecule has 0 heterocycles. The number of phenols is 2. The maximum atomic E-state index is 9.79. The third-order valence-corrected chi connectivity index (χ3v) is 3.76. The Morgan fingerprint density at radius 1 is 0.750 bits per heavy atom. The first-order chi connectivity index (χ1) is 13.1. The summed E-state index contributed by atoms with van der Waals surface area (Å²) < 4.78 is 4.33. The quantitative estimate of drug-likeness (QED) is 0.441. The Bertz CT molecular complexity index is 763. The van der Waals surface area contributed by atoms with Gasteiger partial charge in [0.15, 0.2) is 0 Å². The molecule has 0 saturated carbocycles. The van der Waals surface area contributed by atoms with Crippen molar-refractivity contribution in [1.82, 2.24) is 0 Å². The van der Waals surface area contributed by atoms with Crippen molar-refractivity contribution in [2.45, 2.75) is 19.3 Å². The maximum Gasteiger partial charge on any atom is 0.331 e. The highest BCUT2D eigenvalue weighted by atomic mass is 16.5. The van der Waals surface area contributed by atoms with Gasteiger partial charge in [-0.1, -0.05) is 38.1 Å². The van der Waals surface area contributed by atoms with Crippen molar-refractivity contribution < 1.29 is 34.8 Å². The van der Waals surface area contributed by atoms with Crippen LogP contribution in [0, 0.1) is 0 Å². The highest BCUT2D eigenvalue weighted by Crippen LogP contribution is 2.32. The minimum absolute atomic E-state index is 0.151. The van der Waals surface area contributed by atoms with Gasteiger partial charge in [-0.15, -0.1) is 0 Å². The van der Waals surface area contributed by atoms with Crippen molar-refractivity contribution in [3.63, 3.8) is 0 Å². The average Bonchev–Trinajstić information content (AvgIpc) is 2.62. The van der Waals surface area contributed by atoms with E-state index in [1.807, 2.05) is 24.3 Å². The summed E-state index contributed by atoms with van der Waals surface area (Å²) in [5.74, 6) is -1.77. The van der Waals surface area contributed by atoms with E-state index in [9.17, 15) is 19.8 Å². The molecule has 2 aromatic rings. The van der Waals surface area contributed by atoms with E-state index in [2.05, 4.69) is 18.6 Å². The minimum Gasteiger partial charge on any atom is -0.508 e. The van der Waals surface area contributed by atoms with Crippen LogP contribution in [-0.4, -0.2) is 32.4 Å². The van der Waals surface area contributed by atoms with Gasteiger partial charge in [-0.25, -0.2) is 9.59 Å². The standard InChI is InChI=1S/C15H16O2.C6H6O5/c1-15(2,11-3-7-13(16)8-4-11)12-5-9-14(17)10-6-12;7-5(8)1-3-11-4-2-6(9)10/h3-10,16-17H,1-2H3;1-4H,(H,7,8)(H,9,10). The van der Waals surface area contributed by atoms with Crippen LogP contribution in [0.15, 0.2) is 73.2 Å². The predicted octanol–water partition coefficient (Wildman–Crippen LogP) is 3.62. The molecule has 0 unspecified atom stereocenters. The lowest BCUT2D eigenvalue weighted by Crippen LogP contribution is -2.18. The Kier molecular flexibility index (Phi) is 8.30. The molecule has 0 aromatic heterocycles. The van der Waals surface area contributed by atoms with E-state index in [1.54, 1.807) is 24.3 Å². The fourth-order valence-corrected chi connectivity index (χ4v) is 2.16. The fraction of sp³-hybridized carbons (Fsp3) is 0.143. The summed E-state index contributed by atoms with van der Waals surface area (Å²) in [5.41, 5.74) is 2.10. The number of carbonyl (C=O) groups is 2. The summed E-state index contributed by atoms with van der Waals surface area (Å²) in [5, 5.41) is 34.6. The first-order valence-electron chi connectivity index (χ1n) is 8.16. The number of carboxylic acid groups (broad SMARTS) is 2. The molecule has 0 fully saturated rings. The number of aromatic hydroxyl groups is 2. The number of hydrogen-bond donors (Lipinski definition) is 4. The maximum absolute atomic E-state index is 9.79. The molecule has 0 aliphatic heterocycles. The smallest absolute Gasteiger partial charge is 0.331 e. The van der Waals surface area contributed by atoms with Crippen LogP contribution in [0.3, 0.4) is 0 Å². The van der Waals surface area contributed by atoms with Crippen LogP contribution < -0.4 is 0 Å². The van der Waals surface area contributed by atoms with Crippen molar-refractivity contribution in [2.24, 2.45) is 0 Å². The van der Waals surface area contributed by atoms with Gasteiger partial charge < -0.3 is 25.2 Å². The topological polar surface area (TPSA) is 124 Å². The minimum atomic E-state index is -1.16. The number of aliphatic carboxylic acids is 2. The van der Waals surface area contributed by atoms with Crippen molar-refractivity contribution in [3.8, 4) is 11.5 Å². The Morgan fingerprint density at radius 2 is 1.07 bits per heavy atom. The molecule has 0 aliphatic carbocycles. The summed E-state index contributed by atoms with van der Waals surface area (Å²) in [4.78, 5) is 19.6. The lowest BCUT2D eigenvalue weighted by molar-refractivity contribution is -0.132. The van der Waals surface area contributed by atoms with Gasteiger partial charge in [0.25, 0.3) is 0 Å². The van der Waals surface area contributed by atoms with Gasteiger partial charge in [-0.05, 0) is 35.4 Å². The molecular weight excluding hydrogens is 364 g/mol. The zero-order valence-electron chi connectivity index (χ0n) is 15.4. The molecule has 4 N–H and O–H groups in total. The van der Waals surface area contributed by atoms with Crippen LogP contribution in [0.25, 0.3) is 0 Å². The summed E-state index contributed by atoms with van der Waals surface area (Å²) in [6, 6.07) is 14.4. The van der Waals surface area contributed by atoms with E-state index < -0.39 is 11.9 Å². The van der Waals surface area contributed by atoms with E-state index in [4.69, 9.17) is 10.2 Å². The SMILES string of the molecule is CC(C)(c1ccc(O)cc1)c1ccc(O)cc1.O=C(O)C=COC=CC(=O)O. The van der Waals surface area contributed by atoms with Gasteiger partial charge >= 0.3 is 11.9 Å². The van der Waals surface area contributed by atoms with Crippen molar-refractivity contribution >= 4 is 11.9 Å². The van der Waals surface area contributed by atoms with Crippen LogP contribution in [0.2, 0.25) is 0 Å². The molecule has 0 saturated heterocycles. The highest BCUT2D eigenvalue weighted by Gasteiger charge is 2.22.